The molecule has 6 nitrogen and oxygen atoms in total. The molecular weight excluding hydrogens is 284 g/mol. The van der Waals surface area contributed by atoms with E-state index in [-0.39, 0.29) is 17.8 Å². The van der Waals surface area contributed by atoms with Gasteiger partial charge in [-0.3, -0.25) is 14.4 Å². The van der Waals surface area contributed by atoms with E-state index in [1.165, 1.54) is 4.90 Å². The van der Waals surface area contributed by atoms with Crippen LogP contribution in [-0.4, -0.2) is 40.0 Å². The van der Waals surface area contributed by atoms with Crippen LogP contribution in [0.5, 0.6) is 0 Å². The number of benzene rings is 1. The van der Waals surface area contributed by atoms with Gasteiger partial charge in [0.1, 0.15) is 12.2 Å². The first-order valence-electron chi connectivity index (χ1n) is 7.08. The number of carboxylic acids is 1. The van der Waals surface area contributed by atoms with E-state index in [0.29, 0.717) is 29.3 Å². The maximum atomic E-state index is 12.6. The lowest BCUT2D eigenvalue weighted by Crippen LogP contribution is -2.37. The lowest BCUT2D eigenvalue weighted by molar-refractivity contribution is -0.137. The highest BCUT2D eigenvalue weighted by molar-refractivity contribution is 6.00. The Kier molecular flexibility index (Phi) is 4.60. The number of aromatic nitrogens is 1. The van der Waals surface area contributed by atoms with Gasteiger partial charge < -0.3 is 15.0 Å². The summed E-state index contributed by atoms with van der Waals surface area (Å²) in [6.07, 6.45) is 0.635. The molecule has 0 unspecified atom stereocenters. The first-order valence-corrected chi connectivity index (χ1v) is 7.08. The molecule has 22 heavy (non-hydrogen) atoms. The molecule has 0 bridgehead atoms. The monoisotopic (exact) mass is 302 g/mol. The van der Waals surface area contributed by atoms with Gasteiger partial charge in [-0.25, -0.2) is 0 Å². The highest BCUT2D eigenvalue weighted by Crippen LogP contribution is 2.18. The van der Waals surface area contributed by atoms with Crippen LogP contribution in [0, 0.1) is 6.92 Å². The second-order valence-electron chi connectivity index (χ2n) is 5.12. The number of aromatic amines is 1. The van der Waals surface area contributed by atoms with E-state index >= 15 is 0 Å². The van der Waals surface area contributed by atoms with Crippen molar-refractivity contribution in [2.24, 2.45) is 0 Å². The molecule has 1 amide bonds. The predicted molar refractivity (Wildman–Crippen MR) is 83.1 cm³/mol. The van der Waals surface area contributed by atoms with Crippen molar-refractivity contribution >= 4 is 22.6 Å². The number of amides is 1. The van der Waals surface area contributed by atoms with E-state index < -0.39 is 11.9 Å². The Morgan fingerprint density at radius 3 is 2.45 bits per heavy atom. The quantitative estimate of drug-likeness (QED) is 0.880. The number of pyridine rings is 1. The summed E-state index contributed by atoms with van der Waals surface area (Å²) < 4.78 is 0. The second kappa shape index (κ2) is 6.43. The van der Waals surface area contributed by atoms with Crippen LogP contribution in [0.2, 0.25) is 0 Å². The number of rotatable bonds is 5. The molecule has 1 heterocycles. The number of carbonyl (C=O) groups excluding carboxylic acids is 1. The van der Waals surface area contributed by atoms with Crippen LogP contribution in [0.1, 0.15) is 29.4 Å². The third-order valence-corrected chi connectivity index (χ3v) is 3.51. The third-order valence-electron chi connectivity index (χ3n) is 3.51. The minimum absolute atomic E-state index is 0.151. The SMILES string of the molecule is CCCN(CC(=O)O)C(=O)c1[nH]c(=O)c2ccccc2c1C. The van der Waals surface area contributed by atoms with Crippen molar-refractivity contribution in [1.82, 2.24) is 9.88 Å². The van der Waals surface area contributed by atoms with Crippen molar-refractivity contribution in [3.8, 4) is 0 Å². The fraction of sp³-hybridized carbons (Fsp3) is 0.312. The number of hydrogen-bond acceptors (Lipinski definition) is 3. The summed E-state index contributed by atoms with van der Waals surface area (Å²) in [5.74, 6) is -1.55. The summed E-state index contributed by atoms with van der Waals surface area (Å²) in [7, 11) is 0. The fourth-order valence-corrected chi connectivity index (χ4v) is 2.47. The van der Waals surface area contributed by atoms with Gasteiger partial charge in [-0.05, 0) is 30.4 Å². The number of carbonyl (C=O) groups is 2. The van der Waals surface area contributed by atoms with E-state index in [9.17, 15) is 14.4 Å². The first kappa shape index (κ1) is 15.8. The van der Waals surface area contributed by atoms with Crippen molar-refractivity contribution in [2.45, 2.75) is 20.3 Å². The molecule has 0 radical (unpaired) electrons. The van der Waals surface area contributed by atoms with Crippen molar-refractivity contribution < 1.29 is 14.7 Å². The molecule has 1 aromatic carbocycles. The number of carboxylic acid groups (broad SMARTS) is 1. The maximum absolute atomic E-state index is 12.6. The number of aliphatic carboxylic acids is 1. The molecule has 0 saturated carbocycles. The van der Waals surface area contributed by atoms with Gasteiger partial charge in [-0.2, -0.15) is 0 Å². The van der Waals surface area contributed by atoms with E-state index in [1.54, 1.807) is 31.2 Å². The molecule has 0 saturated heterocycles. The molecule has 1 aromatic heterocycles. The lowest BCUT2D eigenvalue weighted by atomic mass is 10.0. The van der Waals surface area contributed by atoms with Gasteiger partial charge in [-0.15, -0.1) is 0 Å². The average molecular weight is 302 g/mol. The highest BCUT2D eigenvalue weighted by atomic mass is 16.4. The van der Waals surface area contributed by atoms with Crippen molar-refractivity contribution in [3.05, 3.63) is 45.9 Å². The Hall–Kier alpha value is -2.63. The van der Waals surface area contributed by atoms with Crippen LogP contribution in [0.15, 0.2) is 29.1 Å². The largest absolute Gasteiger partial charge is 0.480 e. The molecule has 6 heteroatoms. The number of aryl methyl sites for hydroxylation is 1. The molecule has 2 aromatic rings. The zero-order valence-electron chi connectivity index (χ0n) is 12.5. The van der Waals surface area contributed by atoms with E-state index in [4.69, 9.17) is 5.11 Å². The van der Waals surface area contributed by atoms with Crippen LogP contribution >= 0.6 is 0 Å². The predicted octanol–water partition coefficient (Wildman–Crippen LogP) is 1.77. The van der Waals surface area contributed by atoms with E-state index in [0.717, 1.165) is 0 Å². The molecule has 0 aliphatic heterocycles. The van der Waals surface area contributed by atoms with Gasteiger partial charge in [0.15, 0.2) is 0 Å². The van der Waals surface area contributed by atoms with Gasteiger partial charge >= 0.3 is 5.97 Å². The topological polar surface area (TPSA) is 90.5 Å². The fourth-order valence-electron chi connectivity index (χ4n) is 2.47. The van der Waals surface area contributed by atoms with Crippen molar-refractivity contribution in [1.29, 1.82) is 0 Å². The third kappa shape index (κ3) is 3.00. The Labute approximate surface area is 127 Å². The number of fused-ring (bicyclic) bond motifs is 1. The van der Waals surface area contributed by atoms with Crippen molar-refractivity contribution in [3.63, 3.8) is 0 Å². The second-order valence-corrected chi connectivity index (χ2v) is 5.12. The number of nitrogens with one attached hydrogen (secondary N) is 1. The molecule has 0 atom stereocenters. The molecular formula is C16H18N2O4. The Bertz CT molecular complexity index is 779. The molecule has 0 spiro atoms. The summed E-state index contributed by atoms with van der Waals surface area (Å²) in [6, 6.07) is 7.02. The standard InChI is InChI=1S/C16H18N2O4/c1-3-8-18(9-13(19)20)16(22)14-10(2)11-6-4-5-7-12(11)15(21)17-14/h4-7H,3,8-9H2,1-2H3,(H,17,21)(H,19,20). The van der Waals surface area contributed by atoms with Crippen LogP contribution < -0.4 is 5.56 Å². The van der Waals surface area contributed by atoms with Gasteiger partial charge in [0.05, 0.1) is 0 Å². The minimum Gasteiger partial charge on any atom is -0.480 e. The summed E-state index contributed by atoms with van der Waals surface area (Å²) in [5.41, 5.74) is 0.446. The normalized spacial score (nSPS) is 10.6. The summed E-state index contributed by atoms with van der Waals surface area (Å²) in [4.78, 5) is 39.4. The smallest absolute Gasteiger partial charge is 0.323 e. The summed E-state index contributed by atoms with van der Waals surface area (Å²) >= 11 is 0. The summed E-state index contributed by atoms with van der Waals surface area (Å²) in [6.45, 7) is 3.54. The average Bonchev–Trinajstić information content (AvgIpc) is 2.49. The number of H-pyrrole nitrogens is 1. The number of hydrogen-bond donors (Lipinski definition) is 2. The zero-order chi connectivity index (χ0) is 16.3. The molecule has 0 aliphatic rings. The molecule has 2 rings (SSSR count). The molecule has 116 valence electrons. The van der Waals surface area contributed by atoms with Gasteiger partial charge in [0.2, 0.25) is 0 Å². The van der Waals surface area contributed by atoms with Gasteiger partial charge in [0, 0.05) is 11.9 Å². The highest BCUT2D eigenvalue weighted by Gasteiger charge is 2.21. The van der Waals surface area contributed by atoms with Crippen LogP contribution in [-0.2, 0) is 4.79 Å². The van der Waals surface area contributed by atoms with Crippen LogP contribution in [0.3, 0.4) is 0 Å². The van der Waals surface area contributed by atoms with E-state index in [2.05, 4.69) is 4.98 Å². The zero-order valence-corrected chi connectivity index (χ0v) is 12.5. The van der Waals surface area contributed by atoms with Crippen LogP contribution in [0.25, 0.3) is 10.8 Å². The van der Waals surface area contributed by atoms with Crippen LogP contribution in [0.4, 0.5) is 0 Å². The molecule has 0 aliphatic carbocycles. The Morgan fingerprint density at radius 2 is 1.86 bits per heavy atom. The maximum Gasteiger partial charge on any atom is 0.323 e. The molecule has 2 N–H and O–H groups in total. The summed E-state index contributed by atoms with van der Waals surface area (Å²) in [5, 5.41) is 10.1. The van der Waals surface area contributed by atoms with Gasteiger partial charge in [-0.1, -0.05) is 25.1 Å². The van der Waals surface area contributed by atoms with E-state index in [1.807, 2.05) is 6.92 Å². The number of nitrogens with zero attached hydrogens (tertiary/aromatic N) is 1. The Morgan fingerprint density at radius 1 is 1.23 bits per heavy atom. The van der Waals surface area contributed by atoms with Gasteiger partial charge in [0.25, 0.3) is 11.5 Å². The lowest BCUT2D eigenvalue weighted by Gasteiger charge is -2.21. The van der Waals surface area contributed by atoms with Crippen molar-refractivity contribution in [2.75, 3.05) is 13.1 Å². The molecule has 0 fully saturated rings. The first-order chi connectivity index (χ1) is 10.5. The minimum atomic E-state index is -1.08. The Balaban J connectivity index is 2.53.